The molecule has 0 N–H and O–H groups in total. The predicted molar refractivity (Wildman–Crippen MR) is 75.2 cm³/mol. The number of nitrogens with zero attached hydrogens (tertiary/aromatic N) is 1. The third-order valence-corrected chi connectivity index (χ3v) is 3.87. The highest BCUT2D eigenvalue weighted by molar-refractivity contribution is 7.15. The Kier molecular flexibility index (Phi) is 2.69. The Morgan fingerprint density at radius 2 is 2.00 bits per heavy atom. The van der Waals surface area contributed by atoms with Crippen molar-refractivity contribution < 1.29 is 4.42 Å². The van der Waals surface area contributed by atoms with Gasteiger partial charge in [0.05, 0.1) is 10.3 Å². The lowest BCUT2D eigenvalue weighted by Gasteiger charge is -2.03. The summed E-state index contributed by atoms with van der Waals surface area (Å²) in [6.07, 6.45) is 0. The summed E-state index contributed by atoms with van der Waals surface area (Å²) >= 11 is 1.50. The lowest BCUT2D eigenvalue weighted by molar-refractivity contribution is 0.618. The van der Waals surface area contributed by atoms with E-state index in [2.05, 4.69) is 0 Å². The van der Waals surface area contributed by atoms with Gasteiger partial charge in [0.15, 0.2) is 5.76 Å². The van der Waals surface area contributed by atoms with E-state index >= 15 is 0 Å². The van der Waals surface area contributed by atoms with E-state index in [1.54, 1.807) is 24.3 Å². The summed E-state index contributed by atoms with van der Waals surface area (Å²) in [6.45, 7) is 1.97. The van der Waals surface area contributed by atoms with Gasteiger partial charge in [0, 0.05) is 4.88 Å². The largest absolute Gasteiger partial charge is 0.454 e. The molecule has 2 heterocycles. The number of aryl methyl sites for hydroxylation is 1. The molecule has 0 aliphatic heterocycles. The van der Waals surface area contributed by atoms with Gasteiger partial charge in [0.1, 0.15) is 17.2 Å². The lowest BCUT2D eigenvalue weighted by atomic mass is 10.1. The summed E-state index contributed by atoms with van der Waals surface area (Å²) in [7, 11) is 0. The van der Waals surface area contributed by atoms with Crippen LogP contribution in [-0.4, -0.2) is 0 Å². The van der Waals surface area contributed by atoms with Gasteiger partial charge >= 0.3 is 0 Å². The first kappa shape index (κ1) is 11.7. The summed E-state index contributed by atoms with van der Waals surface area (Å²) in [5.74, 6) is 0.365. The van der Waals surface area contributed by atoms with Crippen molar-refractivity contribution in [3.05, 3.63) is 57.1 Å². The van der Waals surface area contributed by atoms with Crippen LogP contribution in [0.2, 0.25) is 0 Å². The molecule has 4 heteroatoms. The first-order valence-electron chi connectivity index (χ1n) is 5.73. The van der Waals surface area contributed by atoms with Gasteiger partial charge < -0.3 is 4.42 Å². The zero-order valence-electron chi connectivity index (χ0n) is 10.1. The third-order valence-electron chi connectivity index (χ3n) is 2.87. The highest BCUT2D eigenvalue weighted by Gasteiger charge is 2.16. The van der Waals surface area contributed by atoms with Crippen LogP contribution in [0.5, 0.6) is 0 Å². The van der Waals surface area contributed by atoms with Gasteiger partial charge in [0.25, 0.3) is 0 Å². The first-order chi connectivity index (χ1) is 9.20. The van der Waals surface area contributed by atoms with E-state index in [0.29, 0.717) is 16.7 Å². The molecular weight excluding hydrogens is 258 g/mol. The number of benzene rings is 1. The molecule has 0 unspecified atom stereocenters. The van der Waals surface area contributed by atoms with Crippen molar-refractivity contribution in [3.8, 4) is 16.7 Å². The second-order valence-electron chi connectivity index (χ2n) is 4.15. The van der Waals surface area contributed by atoms with E-state index in [0.717, 1.165) is 9.75 Å². The molecule has 0 saturated carbocycles. The van der Waals surface area contributed by atoms with Crippen molar-refractivity contribution in [1.82, 2.24) is 0 Å². The van der Waals surface area contributed by atoms with Crippen LogP contribution in [0, 0.1) is 18.3 Å². The molecule has 0 amide bonds. The summed E-state index contributed by atoms with van der Waals surface area (Å²) in [4.78, 5) is 14.2. The van der Waals surface area contributed by atoms with Crippen molar-refractivity contribution in [1.29, 1.82) is 5.26 Å². The lowest BCUT2D eigenvalue weighted by Crippen LogP contribution is -2.07. The fourth-order valence-corrected chi connectivity index (χ4v) is 2.83. The Hall–Kier alpha value is -2.38. The molecule has 0 radical (unpaired) electrons. The standard InChI is InChI=1S/C15H9NO2S/c1-9-6-7-13(19-9)15-11(8-16)14(17)10-4-2-3-5-12(10)18-15/h2-7H,1H3. The molecular formula is C15H9NO2S. The van der Waals surface area contributed by atoms with Gasteiger partial charge in [-0.15, -0.1) is 11.3 Å². The van der Waals surface area contributed by atoms with Crippen LogP contribution in [0.1, 0.15) is 10.4 Å². The van der Waals surface area contributed by atoms with Gasteiger partial charge in [-0.3, -0.25) is 4.79 Å². The second-order valence-corrected chi connectivity index (χ2v) is 5.44. The minimum absolute atomic E-state index is 0.0700. The summed E-state index contributed by atoms with van der Waals surface area (Å²) < 4.78 is 5.75. The minimum Gasteiger partial charge on any atom is -0.454 e. The molecule has 0 spiro atoms. The van der Waals surface area contributed by atoms with Crippen LogP contribution in [-0.2, 0) is 0 Å². The van der Waals surface area contributed by atoms with Gasteiger partial charge in [-0.05, 0) is 31.2 Å². The SMILES string of the molecule is Cc1ccc(-c2oc3ccccc3c(=O)c2C#N)s1. The van der Waals surface area contributed by atoms with E-state index in [1.165, 1.54) is 11.3 Å². The average Bonchev–Trinajstić information content (AvgIpc) is 2.85. The van der Waals surface area contributed by atoms with Crippen LogP contribution in [0.25, 0.3) is 21.6 Å². The fraction of sp³-hybridized carbons (Fsp3) is 0.0667. The van der Waals surface area contributed by atoms with E-state index in [9.17, 15) is 10.1 Å². The predicted octanol–water partition coefficient (Wildman–Crippen LogP) is 3.70. The number of nitriles is 1. The third kappa shape index (κ3) is 1.85. The average molecular weight is 267 g/mol. The number of rotatable bonds is 1. The highest BCUT2D eigenvalue weighted by Crippen LogP contribution is 2.31. The molecule has 1 aromatic carbocycles. The summed E-state index contributed by atoms with van der Waals surface area (Å²) in [5, 5.41) is 9.66. The Morgan fingerprint density at radius 1 is 1.21 bits per heavy atom. The van der Waals surface area contributed by atoms with Crippen molar-refractivity contribution >= 4 is 22.3 Å². The minimum atomic E-state index is -0.273. The number of fused-ring (bicyclic) bond motifs is 1. The molecule has 3 rings (SSSR count). The Bertz CT molecular complexity index is 868. The van der Waals surface area contributed by atoms with Crippen LogP contribution < -0.4 is 5.43 Å². The summed E-state index contributed by atoms with van der Waals surface area (Å²) in [5.41, 5.74) is 0.304. The molecule has 0 bridgehead atoms. The quantitative estimate of drug-likeness (QED) is 0.675. The zero-order chi connectivity index (χ0) is 13.4. The van der Waals surface area contributed by atoms with Gasteiger partial charge in [-0.25, -0.2) is 0 Å². The molecule has 19 heavy (non-hydrogen) atoms. The van der Waals surface area contributed by atoms with E-state index in [-0.39, 0.29) is 11.0 Å². The van der Waals surface area contributed by atoms with Crippen LogP contribution in [0.3, 0.4) is 0 Å². The van der Waals surface area contributed by atoms with Gasteiger partial charge in [-0.2, -0.15) is 5.26 Å². The zero-order valence-corrected chi connectivity index (χ0v) is 11.0. The monoisotopic (exact) mass is 267 g/mol. The van der Waals surface area contributed by atoms with E-state index in [1.807, 2.05) is 25.1 Å². The van der Waals surface area contributed by atoms with Crippen LogP contribution in [0.15, 0.2) is 45.6 Å². The summed E-state index contributed by atoms with van der Waals surface area (Å²) in [6, 6.07) is 12.7. The molecule has 0 atom stereocenters. The molecule has 0 saturated heterocycles. The molecule has 92 valence electrons. The number of hydrogen-bond acceptors (Lipinski definition) is 4. The molecule has 0 fully saturated rings. The topological polar surface area (TPSA) is 54.0 Å². The molecule has 3 aromatic rings. The Balaban J connectivity index is 2.43. The van der Waals surface area contributed by atoms with E-state index in [4.69, 9.17) is 4.42 Å². The molecule has 2 aromatic heterocycles. The maximum absolute atomic E-state index is 12.3. The maximum atomic E-state index is 12.3. The van der Waals surface area contributed by atoms with Crippen molar-refractivity contribution in [2.75, 3.05) is 0 Å². The number of para-hydroxylation sites is 1. The first-order valence-corrected chi connectivity index (χ1v) is 6.55. The van der Waals surface area contributed by atoms with Crippen molar-refractivity contribution in [2.45, 2.75) is 6.92 Å². The molecule has 3 nitrogen and oxygen atoms in total. The second kappa shape index (κ2) is 4.38. The Labute approximate surface area is 113 Å². The fourth-order valence-electron chi connectivity index (χ4n) is 1.97. The molecule has 0 aliphatic carbocycles. The molecule has 0 aliphatic rings. The number of thiophene rings is 1. The van der Waals surface area contributed by atoms with Crippen molar-refractivity contribution in [3.63, 3.8) is 0 Å². The van der Waals surface area contributed by atoms with E-state index < -0.39 is 0 Å². The van der Waals surface area contributed by atoms with Crippen LogP contribution in [0.4, 0.5) is 0 Å². The Morgan fingerprint density at radius 3 is 2.68 bits per heavy atom. The van der Waals surface area contributed by atoms with Gasteiger partial charge in [-0.1, -0.05) is 12.1 Å². The normalized spacial score (nSPS) is 10.5. The van der Waals surface area contributed by atoms with Crippen molar-refractivity contribution in [2.24, 2.45) is 0 Å². The highest BCUT2D eigenvalue weighted by atomic mass is 32.1. The maximum Gasteiger partial charge on any atom is 0.211 e. The van der Waals surface area contributed by atoms with Gasteiger partial charge in [0.2, 0.25) is 5.43 Å². The smallest absolute Gasteiger partial charge is 0.211 e. The number of hydrogen-bond donors (Lipinski definition) is 0. The van der Waals surface area contributed by atoms with Crippen LogP contribution >= 0.6 is 11.3 Å².